The number of rotatable bonds is 1. The van der Waals surface area contributed by atoms with Gasteiger partial charge in [-0.2, -0.15) is 0 Å². The van der Waals surface area contributed by atoms with E-state index >= 15 is 0 Å². The molecule has 178 valence electrons. The van der Waals surface area contributed by atoms with Crippen molar-refractivity contribution in [3.63, 3.8) is 0 Å². The maximum Gasteiger partial charge on any atom is -0.0235 e. The first-order valence-corrected chi connectivity index (χ1v) is 14.3. The predicted octanol–water partition coefficient (Wildman–Crippen LogP) is 9.38. The zero-order valence-electron chi connectivity index (χ0n) is 22.6. The molecule has 0 radical (unpaired) electrons. The largest absolute Gasteiger partial charge is 0.0625 e. The van der Waals surface area contributed by atoms with Crippen molar-refractivity contribution < 1.29 is 0 Å². The molecule has 10 atom stereocenters. The summed E-state index contributed by atoms with van der Waals surface area (Å²) in [5, 5.41) is 0. The molecule has 0 aromatic rings. The third kappa shape index (κ3) is 2.78. The molecule has 0 nitrogen and oxygen atoms in total. The van der Waals surface area contributed by atoms with Gasteiger partial charge in [-0.1, -0.05) is 62.3 Å². The fraction of sp³-hybridized carbons (Fsp3) is 1.00. The zero-order chi connectivity index (χ0) is 22.6. The summed E-state index contributed by atoms with van der Waals surface area (Å²) in [6.07, 6.45) is 15.1. The monoisotopic (exact) mass is 426 g/mol. The van der Waals surface area contributed by atoms with Gasteiger partial charge in [-0.25, -0.2) is 0 Å². The molecule has 5 aliphatic carbocycles. The van der Waals surface area contributed by atoms with Crippen LogP contribution < -0.4 is 0 Å². The van der Waals surface area contributed by atoms with Gasteiger partial charge in [-0.05, 0) is 133 Å². The molecule has 0 aromatic heterocycles. The average Bonchev–Trinajstić information content (AvgIpc) is 2.98. The summed E-state index contributed by atoms with van der Waals surface area (Å²) in [5.74, 6) is 6.64. The third-order valence-electron chi connectivity index (χ3n) is 13.7. The third-order valence-corrected chi connectivity index (χ3v) is 13.7. The molecule has 0 saturated heterocycles. The van der Waals surface area contributed by atoms with E-state index in [1.54, 1.807) is 0 Å². The summed E-state index contributed by atoms with van der Waals surface area (Å²) in [5.41, 5.74) is 2.83. The minimum absolute atomic E-state index is 0.533. The van der Waals surface area contributed by atoms with Crippen LogP contribution in [0.15, 0.2) is 0 Å². The topological polar surface area (TPSA) is 0 Å². The van der Waals surface area contributed by atoms with E-state index in [0.29, 0.717) is 27.1 Å². The summed E-state index contributed by atoms with van der Waals surface area (Å²) >= 11 is 0. The lowest BCUT2D eigenvalue weighted by atomic mass is 9.31. The number of hydrogen-bond donors (Lipinski definition) is 0. The highest BCUT2D eigenvalue weighted by Gasteiger charge is 2.70. The molecular formula is C31H54. The van der Waals surface area contributed by atoms with Gasteiger partial charge in [-0.3, -0.25) is 0 Å². The van der Waals surface area contributed by atoms with Crippen LogP contribution in [-0.2, 0) is 0 Å². The van der Waals surface area contributed by atoms with Crippen LogP contribution in [-0.4, -0.2) is 0 Å². The summed E-state index contributed by atoms with van der Waals surface area (Å²) in [6.45, 7) is 24.0. The van der Waals surface area contributed by atoms with Crippen molar-refractivity contribution in [2.75, 3.05) is 0 Å². The summed E-state index contributed by atoms with van der Waals surface area (Å²) in [4.78, 5) is 0. The molecule has 5 fully saturated rings. The van der Waals surface area contributed by atoms with Gasteiger partial charge in [0.25, 0.3) is 0 Å². The van der Waals surface area contributed by atoms with Gasteiger partial charge in [0.05, 0.1) is 0 Å². The lowest BCUT2D eigenvalue weighted by molar-refractivity contribution is -0.245. The summed E-state index contributed by atoms with van der Waals surface area (Å²) in [7, 11) is 0. The quantitative estimate of drug-likeness (QED) is 0.391. The normalized spacial score (nSPS) is 58.3. The Labute approximate surface area is 195 Å². The molecule has 0 unspecified atom stereocenters. The van der Waals surface area contributed by atoms with E-state index < -0.39 is 0 Å². The van der Waals surface area contributed by atoms with Crippen LogP contribution in [0.1, 0.15) is 127 Å². The fourth-order valence-electron chi connectivity index (χ4n) is 12.8. The molecular weight excluding hydrogens is 372 g/mol. The molecule has 5 rings (SSSR count). The fourth-order valence-corrected chi connectivity index (χ4v) is 12.8. The Morgan fingerprint density at radius 2 is 1.19 bits per heavy atom. The highest BCUT2D eigenvalue weighted by Crippen LogP contribution is 2.78. The van der Waals surface area contributed by atoms with Gasteiger partial charge in [0, 0.05) is 0 Å². The Balaban J connectivity index is 1.53. The van der Waals surface area contributed by atoms with Crippen molar-refractivity contribution in [3.8, 4) is 0 Å². The van der Waals surface area contributed by atoms with Crippen LogP contribution in [0.5, 0.6) is 0 Å². The maximum atomic E-state index is 2.82. The second-order valence-corrected chi connectivity index (χ2v) is 15.7. The summed E-state index contributed by atoms with van der Waals surface area (Å²) < 4.78 is 0. The van der Waals surface area contributed by atoms with E-state index in [-0.39, 0.29) is 0 Å². The highest BCUT2D eigenvalue weighted by atomic mass is 14.7. The van der Waals surface area contributed by atoms with E-state index in [2.05, 4.69) is 62.3 Å². The first-order chi connectivity index (χ1) is 14.3. The van der Waals surface area contributed by atoms with Crippen LogP contribution in [0.4, 0.5) is 0 Å². The Hall–Kier alpha value is 0. The zero-order valence-corrected chi connectivity index (χ0v) is 22.6. The Kier molecular flexibility index (Phi) is 4.98. The Morgan fingerprint density at radius 1 is 0.613 bits per heavy atom. The lowest BCUT2D eigenvalue weighted by Crippen LogP contribution is -2.66. The standard InChI is InChI=1S/C31H54/c1-20(2)22-12-15-28(6)23(22)13-16-30(8)25(28)10-11-26-29(7)19-21(3)18-27(4,5)24(29)14-17-31(26,30)9/h20-26H,10-19H2,1-9H3/t21-,22+,23+,24-,25+,26+,28-,29-,30+,31+/m0/s1. The molecule has 5 aliphatic rings. The Morgan fingerprint density at radius 3 is 1.81 bits per heavy atom. The molecule has 0 aliphatic heterocycles. The minimum atomic E-state index is 0.533. The predicted molar refractivity (Wildman–Crippen MR) is 134 cm³/mol. The molecule has 0 aromatic carbocycles. The van der Waals surface area contributed by atoms with Gasteiger partial charge in [0.2, 0.25) is 0 Å². The van der Waals surface area contributed by atoms with Gasteiger partial charge in [0.15, 0.2) is 0 Å². The minimum Gasteiger partial charge on any atom is -0.0625 e. The molecule has 31 heavy (non-hydrogen) atoms. The molecule has 0 heteroatoms. The molecule has 0 bridgehead atoms. The van der Waals surface area contributed by atoms with E-state index in [4.69, 9.17) is 0 Å². The number of hydrogen-bond acceptors (Lipinski definition) is 0. The van der Waals surface area contributed by atoms with Crippen molar-refractivity contribution in [1.82, 2.24) is 0 Å². The van der Waals surface area contributed by atoms with E-state index in [1.807, 2.05) is 0 Å². The molecule has 0 N–H and O–H groups in total. The molecule has 0 heterocycles. The Bertz CT molecular complexity index is 718. The second-order valence-electron chi connectivity index (χ2n) is 15.7. The van der Waals surface area contributed by atoms with Crippen LogP contribution in [0, 0.1) is 68.5 Å². The first kappa shape index (κ1) is 22.8. The lowest BCUT2D eigenvalue weighted by Gasteiger charge is -2.73. The van der Waals surface area contributed by atoms with Gasteiger partial charge < -0.3 is 0 Å². The smallest absolute Gasteiger partial charge is 0.0235 e. The number of fused-ring (bicyclic) bond motifs is 7. The van der Waals surface area contributed by atoms with Gasteiger partial charge in [0.1, 0.15) is 0 Å². The van der Waals surface area contributed by atoms with Gasteiger partial charge in [-0.15, -0.1) is 0 Å². The van der Waals surface area contributed by atoms with Crippen molar-refractivity contribution in [2.45, 2.75) is 127 Å². The van der Waals surface area contributed by atoms with Crippen molar-refractivity contribution in [2.24, 2.45) is 68.5 Å². The van der Waals surface area contributed by atoms with E-state index in [1.165, 1.54) is 64.2 Å². The summed E-state index contributed by atoms with van der Waals surface area (Å²) in [6, 6.07) is 0. The van der Waals surface area contributed by atoms with Crippen molar-refractivity contribution >= 4 is 0 Å². The van der Waals surface area contributed by atoms with E-state index in [9.17, 15) is 0 Å². The average molecular weight is 427 g/mol. The SMILES string of the molecule is CC(C)[C@H]1CC[C@@]2(C)[C@@H]1CC[C@]1(C)[C@@H]2CC[C@@H]2[C@@]3(C)C[C@@H](C)CC(C)(C)[C@@H]3CC[C@]21C. The van der Waals surface area contributed by atoms with Gasteiger partial charge >= 0.3 is 0 Å². The van der Waals surface area contributed by atoms with Crippen LogP contribution >= 0.6 is 0 Å². The maximum absolute atomic E-state index is 2.82. The van der Waals surface area contributed by atoms with Crippen molar-refractivity contribution in [1.29, 1.82) is 0 Å². The highest BCUT2D eigenvalue weighted by molar-refractivity contribution is 5.19. The molecule has 5 saturated carbocycles. The van der Waals surface area contributed by atoms with Crippen molar-refractivity contribution in [3.05, 3.63) is 0 Å². The van der Waals surface area contributed by atoms with Crippen LogP contribution in [0.2, 0.25) is 0 Å². The van der Waals surface area contributed by atoms with Crippen LogP contribution in [0.3, 0.4) is 0 Å². The first-order valence-electron chi connectivity index (χ1n) is 14.3. The second kappa shape index (κ2) is 6.78. The molecule has 0 spiro atoms. The van der Waals surface area contributed by atoms with E-state index in [0.717, 1.165) is 41.4 Å². The molecule has 0 amide bonds. The van der Waals surface area contributed by atoms with Crippen LogP contribution in [0.25, 0.3) is 0 Å².